The lowest BCUT2D eigenvalue weighted by atomic mass is 9.95. The number of para-hydroxylation sites is 1. The van der Waals surface area contributed by atoms with E-state index in [9.17, 15) is 14.4 Å². The summed E-state index contributed by atoms with van der Waals surface area (Å²) in [7, 11) is 1.58. The molecule has 2 N–H and O–H groups in total. The molecule has 9 nitrogen and oxygen atoms in total. The first-order chi connectivity index (χ1) is 17.0. The van der Waals surface area contributed by atoms with E-state index in [1.807, 2.05) is 18.2 Å². The minimum Gasteiger partial charge on any atom is -0.493 e. The minimum absolute atomic E-state index is 0.0829. The molecule has 2 aliphatic rings. The second-order valence-electron chi connectivity index (χ2n) is 8.37. The van der Waals surface area contributed by atoms with Gasteiger partial charge < -0.3 is 29.7 Å². The fraction of sp³-hybridized carbons (Fsp3) is 0.400. The number of nitrogens with one attached hydrogen (secondary N) is 2. The number of amides is 3. The standard InChI is InChI=1S/C25H28ClN3O6/c1-33-21-5-2-4-16-12-17(15-35-23(16)21)25(32)29-10-3-8-28-24(31)19-13-18(26)6-7-20(19)34-11-9-27-22(30)14-29/h2,4-7,13,17H,3,8-12,14-15H2,1H3,(H,27,30)(H,28,31). The van der Waals surface area contributed by atoms with Crippen LogP contribution in [0.3, 0.4) is 0 Å². The molecule has 0 spiro atoms. The highest BCUT2D eigenvalue weighted by molar-refractivity contribution is 6.31. The van der Waals surface area contributed by atoms with Gasteiger partial charge in [0.15, 0.2) is 11.5 Å². The van der Waals surface area contributed by atoms with Crippen LogP contribution in [0.5, 0.6) is 17.2 Å². The lowest BCUT2D eigenvalue weighted by Crippen LogP contribution is -2.47. The van der Waals surface area contributed by atoms with Crippen LogP contribution < -0.4 is 24.8 Å². The molecule has 2 aromatic carbocycles. The van der Waals surface area contributed by atoms with Crippen molar-refractivity contribution in [3.63, 3.8) is 0 Å². The molecule has 0 saturated carbocycles. The number of carbonyl (C=O) groups excluding carboxylic acids is 3. The summed E-state index contributed by atoms with van der Waals surface area (Å²) in [6, 6.07) is 10.4. The van der Waals surface area contributed by atoms with Crippen molar-refractivity contribution in [2.45, 2.75) is 12.8 Å². The van der Waals surface area contributed by atoms with Crippen molar-refractivity contribution < 1.29 is 28.6 Å². The topological polar surface area (TPSA) is 106 Å². The third kappa shape index (κ3) is 5.97. The minimum atomic E-state index is -0.423. The van der Waals surface area contributed by atoms with Gasteiger partial charge in [0.1, 0.15) is 19.0 Å². The number of rotatable bonds is 2. The molecule has 10 heteroatoms. The summed E-state index contributed by atoms with van der Waals surface area (Å²) >= 11 is 6.06. The van der Waals surface area contributed by atoms with Gasteiger partial charge in [-0.05, 0) is 42.7 Å². The highest BCUT2D eigenvalue weighted by Crippen LogP contribution is 2.36. The van der Waals surface area contributed by atoms with E-state index in [4.69, 9.17) is 25.8 Å². The van der Waals surface area contributed by atoms with Crippen LogP contribution in [0.2, 0.25) is 5.02 Å². The Labute approximate surface area is 208 Å². The number of hydrogen-bond donors (Lipinski definition) is 2. The molecule has 0 bridgehead atoms. The fourth-order valence-electron chi connectivity index (χ4n) is 4.19. The van der Waals surface area contributed by atoms with E-state index in [0.717, 1.165) is 5.56 Å². The van der Waals surface area contributed by atoms with E-state index in [2.05, 4.69) is 10.6 Å². The smallest absolute Gasteiger partial charge is 0.255 e. The second kappa shape index (κ2) is 11.3. The number of fused-ring (bicyclic) bond motifs is 2. The highest BCUT2D eigenvalue weighted by atomic mass is 35.5. The molecule has 3 amide bonds. The van der Waals surface area contributed by atoms with Gasteiger partial charge >= 0.3 is 0 Å². The number of nitrogens with zero attached hydrogens (tertiary/aromatic N) is 1. The molecule has 0 fully saturated rings. The monoisotopic (exact) mass is 501 g/mol. The summed E-state index contributed by atoms with van der Waals surface area (Å²) in [6.07, 6.45) is 0.963. The summed E-state index contributed by atoms with van der Waals surface area (Å²) in [6.45, 7) is 1.14. The van der Waals surface area contributed by atoms with E-state index >= 15 is 0 Å². The normalized spacial score (nSPS) is 19.0. The zero-order valence-corrected chi connectivity index (χ0v) is 20.2. The molecule has 2 heterocycles. The molecule has 0 radical (unpaired) electrons. The van der Waals surface area contributed by atoms with Gasteiger partial charge in [0, 0.05) is 18.1 Å². The van der Waals surface area contributed by atoms with E-state index in [0.29, 0.717) is 53.8 Å². The largest absolute Gasteiger partial charge is 0.493 e. The average Bonchev–Trinajstić information content (AvgIpc) is 2.87. The van der Waals surface area contributed by atoms with Crippen molar-refractivity contribution in [3.8, 4) is 17.2 Å². The number of methoxy groups -OCH3 is 1. The molecular weight excluding hydrogens is 474 g/mol. The van der Waals surface area contributed by atoms with Crippen LogP contribution in [0.1, 0.15) is 22.3 Å². The van der Waals surface area contributed by atoms with Crippen LogP contribution >= 0.6 is 11.6 Å². The molecule has 4 rings (SSSR count). The van der Waals surface area contributed by atoms with Crippen LogP contribution in [0.25, 0.3) is 0 Å². The molecule has 0 aliphatic carbocycles. The Morgan fingerprint density at radius 2 is 2.00 bits per heavy atom. The molecule has 0 saturated heterocycles. The van der Waals surface area contributed by atoms with Crippen LogP contribution in [0, 0.1) is 5.92 Å². The predicted molar refractivity (Wildman–Crippen MR) is 129 cm³/mol. The summed E-state index contributed by atoms with van der Waals surface area (Å²) in [5.74, 6) is 0.497. The first kappa shape index (κ1) is 24.7. The van der Waals surface area contributed by atoms with Crippen LogP contribution in [0.4, 0.5) is 0 Å². The van der Waals surface area contributed by atoms with Gasteiger partial charge in [0.25, 0.3) is 5.91 Å². The zero-order chi connectivity index (χ0) is 24.8. The van der Waals surface area contributed by atoms with E-state index < -0.39 is 5.92 Å². The maximum Gasteiger partial charge on any atom is 0.255 e. The molecule has 1 unspecified atom stereocenters. The zero-order valence-electron chi connectivity index (χ0n) is 19.5. The number of halogens is 1. The van der Waals surface area contributed by atoms with Gasteiger partial charge in [-0.1, -0.05) is 23.7 Å². The van der Waals surface area contributed by atoms with E-state index in [-0.39, 0.29) is 44.0 Å². The highest BCUT2D eigenvalue weighted by Gasteiger charge is 2.31. The quantitative estimate of drug-likeness (QED) is 0.652. The second-order valence-corrected chi connectivity index (χ2v) is 8.81. The molecule has 186 valence electrons. The Morgan fingerprint density at radius 3 is 2.83 bits per heavy atom. The number of ether oxygens (including phenoxy) is 3. The lowest BCUT2D eigenvalue weighted by molar-refractivity contribution is -0.140. The first-order valence-corrected chi connectivity index (χ1v) is 11.9. The summed E-state index contributed by atoms with van der Waals surface area (Å²) < 4.78 is 16.9. The van der Waals surface area contributed by atoms with Crippen molar-refractivity contribution in [2.24, 2.45) is 5.92 Å². The summed E-state index contributed by atoms with van der Waals surface area (Å²) in [5.41, 5.74) is 1.21. The van der Waals surface area contributed by atoms with Gasteiger partial charge in [0.2, 0.25) is 11.8 Å². The maximum atomic E-state index is 13.4. The van der Waals surface area contributed by atoms with Gasteiger partial charge in [-0.15, -0.1) is 0 Å². The van der Waals surface area contributed by atoms with Gasteiger partial charge in [-0.2, -0.15) is 0 Å². The third-order valence-electron chi connectivity index (χ3n) is 5.93. The molecule has 2 aromatic rings. The van der Waals surface area contributed by atoms with E-state index in [1.54, 1.807) is 25.3 Å². The fourth-order valence-corrected chi connectivity index (χ4v) is 4.36. The van der Waals surface area contributed by atoms with Gasteiger partial charge in [-0.3, -0.25) is 14.4 Å². The van der Waals surface area contributed by atoms with E-state index in [1.165, 1.54) is 4.90 Å². The summed E-state index contributed by atoms with van der Waals surface area (Å²) in [5, 5.41) is 6.04. The van der Waals surface area contributed by atoms with Crippen LogP contribution in [-0.4, -0.2) is 69.1 Å². The van der Waals surface area contributed by atoms with Crippen molar-refractivity contribution in [2.75, 3.05) is 46.5 Å². The van der Waals surface area contributed by atoms with Crippen molar-refractivity contribution in [3.05, 3.63) is 52.5 Å². The SMILES string of the molecule is COc1cccc2c1OCC(C(=O)N1CCCNC(=O)c3cc(Cl)ccc3OCCNC(=O)C1)C2. The molecule has 0 aromatic heterocycles. The lowest BCUT2D eigenvalue weighted by Gasteiger charge is -2.31. The predicted octanol–water partition coefficient (Wildman–Crippen LogP) is 2.06. The molecule has 35 heavy (non-hydrogen) atoms. The van der Waals surface area contributed by atoms with Gasteiger partial charge in [0.05, 0.1) is 31.7 Å². The van der Waals surface area contributed by atoms with Crippen LogP contribution in [-0.2, 0) is 16.0 Å². The Hall–Kier alpha value is -3.46. The third-order valence-corrected chi connectivity index (χ3v) is 6.16. The Kier molecular flexibility index (Phi) is 7.97. The molecule has 2 aliphatic heterocycles. The van der Waals surface area contributed by atoms with Crippen molar-refractivity contribution >= 4 is 29.3 Å². The number of hydrogen-bond acceptors (Lipinski definition) is 6. The Bertz CT molecular complexity index is 1110. The van der Waals surface area contributed by atoms with Crippen molar-refractivity contribution in [1.82, 2.24) is 15.5 Å². The molecular formula is C25H28ClN3O6. The van der Waals surface area contributed by atoms with Gasteiger partial charge in [-0.25, -0.2) is 0 Å². The van der Waals surface area contributed by atoms with Crippen LogP contribution in [0.15, 0.2) is 36.4 Å². The Morgan fingerprint density at radius 1 is 1.14 bits per heavy atom. The Balaban J connectivity index is 1.45. The summed E-state index contributed by atoms with van der Waals surface area (Å²) in [4.78, 5) is 40.2. The average molecular weight is 502 g/mol. The van der Waals surface area contributed by atoms with Crippen molar-refractivity contribution in [1.29, 1.82) is 0 Å². The maximum absolute atomic E-state index is 13.4. The number of carbonyl (C=O) groups is 3. The first-order valence-electron chi connectivity index (χ1n) is 11.5. The molecule has 1 atom stereocenters. The number of benzene rings is 2.